The van der Waals surface area contributed by atoms with E-state index in [9.17, 15) is 4.79 Å². The van der Waals surface area contributed by atoms with Crippen LogP contribution in [0.3, 0.4) is 0 Å². The summed E-state index contributed by atoms with van der Waals surface area (Å²) in [7, 11) is 0. The molecule has 1 amide bonds. The van der Waals surface area contributed by atoms with Crippen LogP contribution in [0.1, 0.15) is 11.7 Å². The van der Waals surface area contributed by atoms with Crippen molar-refractivity contribution in [3.05, 3.63) is 41.0 Å². The van der Waals surface area contributed by atoms with Gasteiger partial charge >= 0.3 is 0 Å². The predicted octanol–water partition coefficient (Wildman–Crippen LogP) is 2.61. The summed E-state index contributed by atoms with van der Waals surface area (Å²) in [6.07, 6.45) is 0. The van der Waals surface area contributed by atoms with Crippen LogP contribution in [-0.4, -0.2) is 52.9 Å². The van der Waals surface area contributed by atoms with Crippen molar-refractivity contribution < 1.29 is 9.32 Å². The molecular formula is C16H19ClN4O2S. The zero-order valence-electron chi connectivity index (χ0n) is 13.4. The molecule has 0 saturated carbocycles. The second-order valence-corrected chi connectivity index (χ2v) is 6.99. The molecular weight excluding hydrogens is 348 g/mol. The summed E-state index contributed by atoms with van der Waals surface area (Å²) >= 11 is 7.44. The first kappa shape index (κ1) is 17.1. The minimum absolute atomic E-state index is 0.163. The fourth-order valence-corrected chi connectivity index (χ4v) is 3.47. The molecule has 24 heavy (non-hydrogen) atoms. The van der Waals surface area contributed by atoms with E-state index in [4.69, 9.17) is 16.1 Å². The summed E-state index contributed by atoms with van der Waals surface area (Å²) in [5, 5.41) is 4.56. The third kappa shape index (κ3) is 4.42. The van der Waals surface area contributed by atoms with E-state index in [-0.39, 0.29) is 5.91 Å². The van der Waals surface area contributed by atoms with Crippen molar-refractivity contribution in [1.82, 2.24) is 15.0 Å². The number of piperazine rings is 1. The molecule has 2 heterocycles. The Bertz CT molecular complexity index is 684. The van der Waals surface area contributed by atoms with Crippen molar-refractivity contribution in [2.45, 2.75) is 12.7 Å². The van der Waals surface area contributed by atoms with E-state index in [1.54, 1.807) is 6.92 Å². The highest BCUT2D eigenvalue weighted by Crippen LogP contribution is 2.20. The van der Waals surface area contributed by atoms with Crippen LogP contribution in [0.5, 0.6) is 0 Å². The van der Waals surface area contributed by atoms with Crippen molar-refractivity contribution in [3.8, 4) is 0 Å². The summed E-state index contributed by atoms with van der Waals surface area (Å²) in [6, 6.07) is 7.82. The molecule has 0 bridgehead atoms. The summed E-state index contributed by atoms with van der Waals surface area (Å²) in [6.45, 7) is 4.91. The largest absolute Gasteiger partial charge is 0.368 e. The number of thioether (sulfide) groups is 1. The quantitative estimate of drug-likeness (QED) is 0.810. The van der Waals surface area contributed by atoms with Crippen LogP contribution in [-0.2, 0) is 10.5 Å². The average molecular weight is 367 g/mol. The third-order valence-corrected chi connectivity index (χ3v) is 5.02. The van der Waals surface area contributed by atoms with Crippen LogP contribution in [0.4, 0.5) is 5.69 Å². The highest BCUT2D eigenvalue weighted by molar-refractivity contribution is 7.99. The highest BCUT2D eigenvalue weighted by atomic mass is 35.5. The molecule has 6 nitrogen and oxygen atoms in total. The number of nitrogens with zero attached hydrogens (tertiary/aromatic N) is 4. The fraction of sp³-hybridized carbons (Fsp3) is 0.438. The van der Waals surface area contributed by atoms with Crippen molar-refractivity contribution in [1.29, 1.82) is 0 Å². The number of aromatic nitrogens is 2. The second kappa shape index (κ2) is 7.90. The standard InChI is InChI=1S/C16H19ClN4O2S/c1-12-18-15(19-23-12)10-24-11-16(22)21-8-6-20(7-9-21)14-4-2-13(17)3-5-14/h2-5H,6-11H2,1H3. The molecule has 0 N–H and O–H groups in total. The minimum atomic E-state index is 0.163. The van der Waals surface area contributed by atoms with Gasteiger partial charge in [-0.3, -0.25) is 4.79 Å². The van der Waals surface area contributed by atoms with Crippen molar-refractivity contribution in [2.75, 3.05) is 36.8 Å². The maximum absolute atomic E-state index is 12.3. The maximum Gasteiger partial charge on any atom is 0.232 e. The Balaban J connectivity index is 1.42. The summed E-state index contributed by atoms with van der Waals surface area (Å²) < 4.78 is 4.92. The van der Waals surface area contributed by atoms with Gasteiger partial charge in [0.1, 0.15) is 0 Å². The number of benzene rings is 1. The molecule has 1 aromatic carbocycles. The topological polar surface area (TPSA) is 62.5 Å². The summed E-state index contributed by atoms with van der Waals surface area (Å²) in [5.41, 5.74) is 1.15. The molecule has 1 aliphatic heterocycles. The van der Waals surface area contributed by atoms with Gasteiger partial charge in [-0.25, -0.2) is 0 Å². The Labute approximate surface area is 150 Å². The molecule has 0 radical (unpaired) electrons. The smallest absolute Gasteiger partial charge is 0.232 e. The monoisotopic (exact) mass is 366 g/mol. The number of aryl methyl sites for hydroxylation is 1. The van der Waals surface area contributed by atoms with Crippen LogP contribution in [0.15, 0.2) is 28.8 Å². The number of carbonyl (C=O) groups excluding carboxylic acids is 1. The Kier molecular flexibility index (Phi) is 5.63. The van der Waals surface area contributed by atoms with Crippen LogP contribution in [0.25, 0.3) is 0 Å². The molecule has 3 rings (SSSR count). The van der Waals surface area contributed by atoms with Crippen LogP contribution >= 0.6 is 23.4 Å². The molecule has 1 fully saturated rings. The van der Waals surface area contributed by atoms with Crippen LogP contribution in [0.2, 0.25) is 5.02 Å². The van der Waals surface area contributed by atoms with E-state index in [0.29, 0.717) is 23.2 Å². The number of halogens is 1. The van der Waals surface area contributed by atoms with E-state index < -0.39 is 0 Å². The predicted molar refractivity (Wildman–Crippen MR) is 95.4 cm³/mol. The molecule has 1 aliphatic rings. The van der Waals surface area contributed by atoms with Crippen LogP contribution in [0, 0.1) is 6.92 Å². The lowest BCUT2D eigenvalue weighted by atomic mass is 10.2. The number of anilines is 1. The molecule has 1 saturated heterocycles. The van der Waals surface area contributed by atoms with E-state index in [1.807, 2.05) is 29.2 Å². The summed E-state index contributed by atoms with van der Waals surface area (Å²) in [5.74, 6) is 2.38. The van der Waals surface area contributed by atoms with Gasteiger partial charge in [-0.1, -0.05) is 16.8 Å². The number of carbonyl (C=O) groups is 1. The zero-order chi connectivity index (χ0) is 16.9. The van der Waals surface area contributed by atoms with Gasteiger partial charge < -0.3 is 14.3 Å². The molecule has 0 unspecified atom stereocenters. The normalized spacial score (nSPS) is 14.9. The van der Waals surface area contributed by atoms with E-state index >= 15 is 0 Å². The van der Waals surface area contributed by atoms with Crippen molar-refractivity contribution >= 4 is 35.0 Å². The first-order valence-electron chi connectivity index (χ1n) is 7.77. The Morgan fingerprint density at radius 3 is 2.58 bits per heavy atom. The number of hydrogen-bond acceptors (Lipinski definition) is 6. The van der Waals surface area contributed by atoms with Crippen molar-refractivity contribution in [2.24, 2.45) is 0 Å². The van der Waals surface area contributed by atoms with E-state index in [2.05, 4.69) is 15.0 Å². The lowest BCUT2D eigenvalue weighted by Crippen LogP contribution is -2.49. The minimum Gasteiger partial charge on any atom is -0.368 e. The Morgan fingerprint density at radius 1 is 1.25 bits per heavy atom. The van der Waals surface area contributed by atoms with Gasteiger partial charge in [0, 0.05) is 43.8 Å². The number of amides is 1. The van der Waals surface area contributed by atoms with Gasteiger partial charge in [0.05, 0.1) is 11.5 Å². The lowest BCUT2D eigenvalue weighted by Gasteiger charge is -2.36. The van der Waals surface area contributed by atoms with Crippen molar-refractivity contribution in [3.63, 3.8) is 0 Å². The van der Waals surface area contributed by atoms with E-state index in [0.717, 1.165) is 36.9 Å². The zero-order valence-corrected chi connectivity index (χ0v) is 15.0. The Hall–Kier alpha value is -1.73. The van der Waals surface area contributed by atoms with E-state index in [1.165, 1.54) is 11.8 Å². The fourth-order valence-electron chi connectivity index (χ4n) is 2.59. The molecule has 128 valence electrons. The number of hydrogen-bond donors (Lipinski definition) is 0. The van der Waals surface area contributed by atoms with Gasteiger partial charge in [0.15, 0.2) is 5.82 Å². The summed E-state index contributed by atoms with van der Waals surface area (Å²) in [4.78, 5) is 20.6. The molecule has 0 spiro atoms. The molecule has 1 aromatic heterocycles. The van der Waals surface area contributed by atoms with Crippen LogP contribution < -0.4 is 4.90 Å². The molecule has 2 aromatic rings. The van der Waals surface area contributed by atoms with Gasteiger partial charge in [-0.15, -0.1) is 11.8 Å². The Morgan fingerprint density at radius 2 is 1.96 bits per heavy atom. The second-order valence-electron chi connectivity index (χ2n) is 5.57. The average Bonchev–Trinajstić information content (AvgIpc) is 3.01. The highest BCUT2D eigenvalue weighted by Gasteiger charge is 2.21. The lowest BCUT2D eigenvalue weighted by molar-refractivity contribution is -0.128. The molecule has 0 aliphatic carbocycles. The first-order chi connectivity index (χ1) is 11.6. The van der Waals surface area contributed by atoms with Gasteiger partial charge in [0.25, 0.3) is 0 Å². The first-order valence-corrected chi connectivity index (χ1v) is 9.30. The number of rotatable bonds is 5. The molecule has 0 atom stereocenters. The molecule has 8 heteroatoms. The van der Waals surface area contributed by atoms with Gasteiger partial charge in [-0.05, 0) is 24.3 Å². The van der Waals surface area contributed by atoms with Gasteiger partial charge in [-0.2, -0.15) is 4.98 Å². The van der Waals surface area contributed by atoms with Gasteiger partial charge in [0.2, 0.25) is 11.8 Å². The third-order valence-electron chi connectivity index (χ3n) is 3.85. The maximum atomic E-state index is 12.3. The SMILES string of the molecule is Cc1nc(CSCC(=O)N2CCN(c3ccc(Cl)cc3)CC2)no1.